The van der Waals surface area contributed by atoms with E-state index in [1.807, 2.05) is 6.92 Å². The highest BCUT2D eigenvalue weighted by molar-refractivity contribution is 5.57. The lowest BCUT2D eigenvalue weighted by Gasteiger charge is -2.18. The van der Waals surface area contributed by atoms with Crippen LogP contribution in [0.3, 0.4) is 0 Å². The largest absolute Gasteiger partial charge is 0.370 e. The van der Waals surface area contributed by atoms with E-state index in [9.17, 15) is 0 Å². The van der Waals surface area contributed by atoms with E-state index in [0.29, 0.717) is 5.41 Å². The Morgan fingerprint density at radius 3 is 2.26 bits per heavy atom. The van der Waals surface area contributed by atoms with Crippen molar-refractivity contribution in [1.29, 1.82) is 0 Å². The molecule has 104 valence electrons. The van der Waals surface area contributed by atoms with Crippen LogP contribution >= 0.6 is 0 Å². The zero-order chi connectivity index (χ0) is 13.5. The summed E-state index contributed by atoms with van der Waals surface area (Å²) in [4.78, 5) is 9.03. The van der Waals surface area contributed by atoms with E-state index in [4.69, 9.17) is 0 Å². The summed E-state index contributed by atoms with van der Waals surface area (Å²) in [7, 11) is 0. The third kappa shape index (κ3) is 2.53. The van der Waals surface area contributed by atoms with Gasteiger partial charge in [-0.1, -0.05) is 0 Å². The molecule has 0 bridgehead atoms. The van der Waals surface area contributed by atoms with Gasteiger partial charge in [0, 0.05) is 18.7 Å². The maximum absolute atomic E-state index is 4.56. The second-order valence-corrected chi connectivity index (χ2v) is 6.11. The van der Waals surface area contributed by atoms with Gasteiger partial charge in [-0.3, -0.25) is 0 Å². The molecule has 1 aromatic rings. The van der Waals surface area contributed by atoms with Crippen molar-refractivity contribution >= 4 is 11.6 Å². The molecule has 2 aliphatic carbocycles. The van der Waals surface area contributed by atoms with Crippen molar-refractivity contribution in [2.75, 3.05) is 23.7 Å². The molecule has 0 unspecified atom stereocenters. The predicted molar refractivity (Wildman–Crippen MR) is 78.6 cm³/mol. The van der Waals surface area contributed by atoms with Gasteiger partial charge in [-0.05, 0) is 57.8 Å². The smallest absolute Gasteiger partial charge is 0.134 e. The minimum absolute atomic E-state index is 0.601. The van der Waals surface area contributed by atoms with Crippen LogP contribution in [0.1, 0.15) is 44.0 Å². The summed E-state index contributed by atoms with van der Waals surface area (Å²) < 4.78 is 0. The number of nitrogens with zero attached hydrogens (tertiary/aromatic N) is 2. The maximum atomic E-state index is 4.56. The number of anilines is 2. The Morgan fingerprint density at radius 2 is 1.74 bits per heavy atom. The standard InChI is InChI=1S/C15H24N4/c1-4-16-13-10(2)14(19-11(3)18-13)17-9-15(7-8-15)12-5-6-12/h12H,4-9H2,1-3H3,(H2,16,17,18,19). The highest BCUT2D eigenvalue weighted by Gasteiger charge is 2.53. The Labute approximate surface area is 115 Å². The fourth-order valence-electron chi connectivity index (χ4n) is 2.99. The molecule has 1 aromatic heterocycles. The molecule has 2 saturated carbocycles. The number of hydrogen-bond donors (Lipinski definition) is 2. The quantitative estimate of drug-likeness (QED) is 0.825. The second kappa shape index (κ2) is 4.66. The monoisotopic (exact) mass is 260 g/mol. The molecule has 3 rings (SSSR count). The van der Waals surface area contributed by atoms with Gasteiger partial charge < -0.3 is 10.6 Å². The molecule has 0 amide bonds. The second-order valence-electron chi connectivity index (χ2n) is 6.11. The Bertz CT molecular complexity index is 475. The third-order valence-corrected chi connectivity index (χ3v) is 4.55. The molecule has 0 spiro atoms. The molecule has 0 radical (unpaired) electrons. The Balaban J connectivity index is 1.72. The summed E-state index contributed by atoms with van der Waals surface area (Å²) in [6.07, 6.45) is 5.67. The molecular weight excluding hydrogens is 236 g/mol. The lowest BCUT2D eigenvalue weighted by atomic mass is 10.0. The fourth-order valence-corrected chi connectivity index (χ4v) is 2.99. The Kier molecular flexibility index (Phi) is 3.11. The average Bonchev–Trinajstić information content (AvgIpc) is 3.25. The van der Waals surface area contributed by atoms with E-state index in [1.54, 1.807) is 0 Å². The minimum Gasteiger partial charge on any atom is -0.370 e. The lowest BCUT2D eigenvalue weighted by molar-refractivity contribution is 0.466. The van der Waals surface area contributed by atoms with Crippen molar-refractivity contribution in [2.45, 2.75) is 46.5 Å². The van der Waals surface area contributed by atoms with Crippen molar-refractivity contribution in [3.8, 4) is 0 Å². The SMILES string of the molecule is CCNc1nc(C)nc(NCC2(C3CC3)CC2)c1C. The Hall–Kier alpha value is -1.32. The van der Waals surface area contributed by atoms with Crippen LogP contribution in [-0.4, -0.2) is 23.1 Å². The summed E-state index contributed by atoms with van der Waals surface area (Å²) in [6.45, 7) is 8.12. The van der Waals surface area contributed by atoms with Gasteiger partial charge in [-0.25, -0.2) is 9.97 Å². The van der Waals surface area contributed by atoms with Crippen molar-refractivity contribution < 1.29 is 0 Å². The summed E-state index contributed by atoms with van der Waals surface area (Å²) in [5, 5.41) is 6.90. The number of nitrogens with one attached hydrogen (secondary N) is 2. The van der Waals surface area contributed by atoms with Gasteiger partial charge in [0.2, 0.25) is 0 Å². The molecule has 0 aromatic carbocycles. The van der Waals surface area contributed by atoms with Gasteiger partial charge in [0.15, 0.2) is 0 Å². The molecule has 1 heterocycles. The molecule has 0 saturated heterocycles. The number of rotatable bonds is 6. The molecule has 4 nitrogen and oxygen atoms in total. The predicted octanol–water partition coefficient (Wildman–Crippen LogP) is 3.13. The molecule has 4 heteroatoms. The van der Waals surface area contributed by atoms with Gasteiger partial charge >= 0.3 is 0 Å². The topological polar surface area (TPSA) is 49.8 Å². The lowest BCUT2D eigenvalue weighted by Crippen LogP contribution is -2.19. The molecule has 2 fully saturated rings. The van der Waals surface area contributed by atoms with Crippen LogP contribution in [0.25, 0.3) is 0 Å². The van der Waals surface area contributed by atoms with Crippen molar-refractivity contribution in [3.63, 3.8) is 0 Å². The molecular formula is C15H24N4. The van der Waals surface area contributed by atoms with Crippen molar-refractivity contribution in [2.24, 2.45) is 11.3 Å². The summed E-state index contributed by atoms with van der Waals surface area (Å²) in [6, 6.07) is 0. The van der Waals surface area contributed by atoms with E-state index >= 15 is 0 Å². The van der Waals surface area contributed by atoms with Crippen LogP contribution in [0.5, 0.6) is 0 Å². The van der Waals surface area contributed by atoms with Crippen LogP contribution in [0.4, 0.5) is 11.6 Å². The van der Waals surface area contributed by atoms with E-state index in [2.05, 4.69) is 34.4 Å². The van der Waals surface area contributed by atoms with Crippen LogP contribution in [-0.2, 0) is 0 Å². The van der Waals surface area contributed by atoms with Gasteiger partial charge in [0.1, 0.15) is 17.5 Å². The molecule has 0 aliphatic heterocycles. The molecule has 2 aliphatic rings. The summed E-state index contributed by atoms with van der Waals surface area (Å²) >= 11 is 0. The first-order chi connectivity index (χ1) is 9.14. The zero-order valence-electron chi connectivity index (χ0n) is 12.2. The molecule has 0 atom stereocenters. The minimum atomic E-state index is 0.601. The van der Waals surface area contributed by atoms with Crippen LogP contribution in [0.2, 0.25) is 0 Å². The fraction of sp³-hybridized carbons (Fsp3) is 0.733. The first-order valence-electron chi connectivity index (χ1n) is 7.47. The van der Waals surface area contributed by atoms with Gasteiger partial charge in [0.25, 0.3) is 0 Å². The summed E-state index contributed by atoms with van der Waals surface area (Å²) in [5.74, 6) is 3.79. The van der Waals surface area contributed by atoms with Crippen molar-refractivity contribution in [3.05, 3.63) is 11.4 Å². The third-order valence-electron chi connectivity index (χ3n) is 4.55. The Morgan fingerprint density at radius 1 is 1.11 bits per heavy atom. The zero-order valence-corrected chi connectivity index (χ0v) is 12.2. The van der Waals surface area contributed by atoms with E-state index in [1.165, 1.54) is 25.7 Å². The summed E-state index contributed by atoms with van der Waals surface area (Å²) in [5.41, 5.74) is 1.74. The number of hydrogen-bond acceptors (Lipinski definition) is 4. The average molecular weight is 260 g/mol. The first kappa shape index (κ1) is 12.7. The maximum Gasteiger partial charge on any atom is 0.134 e. The van der Waals surface area contributed by atoms with Crippen molar-refractivity contribution in [1.82, 2.24) is 9.97 Å². The molecule has 19 heavy (non-hydrogen) atoms. The van der Waals surface area contributed by atoms with E-state index in [0.717, 1.165) is 42.0 Å². The normalized spacial score (nSPS) is 20.2. The highest BCUT2D eigenvalue weighted by atomic mass is 15.1. The van der Waals surface area contributed by atoms with Crippen LogP contribution < -0.4 is 10.6 Å². The van der Waals surface area contributed by atoms with Gasteiger partial charge in [0.05, 0.1) is 0 Å². The first-order valence-corrected chi connectivity index (χ1v) is 7.47. The van der Waals surface area contributed by atoms with Gasteiger partial charge in [-0.15, -0.1) is 0 Å². The van der Waals surface area contributed by atoms with Crippen LogP contribution in [0, 0.1) is 25.2 Å². The van der Waals surface area contributed by atoms with E-state index < -0.39 is 0 Å². The highest BCUT2D eigenvalue weighted by Crippen LogP contribution is 2.61. The van der Waals surface area contributed by atoms with Crippen LogP contribution in [0.15, 0.2) is 0 Å². The number of aryl methyl sites for hydroxylation is 1. The molecule has 2 N–H and O–H groups in total. The van der Waals surface area contributed by atoms with E-state index in [-0.39, 0.29) is 0 Å². The van der Waals surface area contributed by atoms with Gasteiger partial charge in [-0.2, -0.15) is 0 Å². The number of aromatic nitrogens is 2.